The Balaban J connectivity index is 1.55. The van der Waals surface area contributed by atoms with Crippen LogP contribution in [0.1, 0.15) is 43.5 Å². The Morgan fingerprint density at radius 3 is 1.97 bits per heavy atom. The molecule has 0 bridgehead atoms. The van der Waals surface area contributed by atoms with Gasteiger partial charge in [0, 0.05) is 11.1 Å². The number of rotatable bonds is 2. The zero-order valence-electron chi connectivity index (χ0n) is 18.6. The minimum absolute atomic E-state index is 0.227. The molecular formula is C28H21NO5. The molecule has 2 fully saturated rings. The first-order valence-electron chi connectivity index (χ1n) is 11.2. The third-order valence-corrected chi connectivity index (χ3v) is 7.40. The van der Waals surface area contributed by atoms with Crippen molar-refractivity contribution in [3.05, 3.63) is 101 Å². The summed E-state index contributed by atoms with van der Waals surface area (Å²) < 4.78 is 6.27. The van der Waals surface area contributed by atoms with Gasteiger partial charge in [0.05, 0.1) is 23.6 Å². The number of carbonyl (C=O) groups is 4. The van der Waals surface area contributed by atoms with Crippen molar-refractivity contribution in [2.75, 3.05) is 4.90 Å². The minimum atomic E-state index is -2.05. The number of amides is 2. The zero-order valence-corrected chi connectivity index (χ0v) is 18.6. The van der Waals surface area contributed by atoms with E-state index >= 15 is 0 Å². The molecule has 1 spiro atoms. The van der Waals surface area contributed by atoms with E-state index < -0.39 is 46.9 Å². The predicted octanol–water partition coefficient (Wildman–Crippen LogP) is 4.00. The predicted molar refractivity (Wildman–Crippen MR) is 123 cm³/mol. The van der Waals surface area contributed by atoms with Gasteiger partial charge in [-0.2, -0.15) is 0 Å². The summed E-state index contributed by atoms with van der Waals surface area (Å²) in [5.74, 6) is -4.36. The van der Waals surface area contributed by atoms with E-state index in [-0.39, 0.29) is 11.1 Å². The molecule has 0 aromatic heterocycles. The Hall–Kier alpha value is -3.90. The molecule has 3 unspecified atom stereocenters. The maximum Gasteiger partial charge on any atom is 0.241 e. The first-order valence-corrected chi connectivity index (χ1v) is 11.2. The number of hydrogen-bond donors (Lipinski definition) is 0. The van der Waals surface area contributed by atoms with Crippen molar-refractivity contribution in [3.8, 4) is 0 Å². The number of nitrogens with zero attached hydrogens (tertiary/aromatic N) is 1. The summed E-state index contributed by atoms with van der Waals surface area (Å²) in [6.45, 7) is 3.85. The molecule has 0 N–H and O–H groups in total. The number of hydrogen-bond acceptors (Lipinski definition) is 5. The Morgan fingerprint density at radius 1 is 0.735 bits per heavy atom. The fraction of sp³-hybridized carbons (Fsp3) is 0.214. The molecule has 0 radical (unpaired) electrons. The number of Topliss-reactive ketones (excluding diaryl/α,β-unsaturated/α-hetero) is 2. The minimum Gasteiger partial charge on any atom is -0.349 e. The number of benzene rings is 3. The van der Waals surface area contributed by atoms with Gasteiger partial charge in [-0.05, 0) is 42.7 Å². The van der Waals surface area contributed by atoms with E-state index in [1.807, 2.05) is 26.0 Å². The Morgan fingerprint density at radius 2 is 1.35 bits per heavy atom. The van der Waals surface area contributed by atoms with E-state index in [9.17, 15) is 19.2 Å². The van der Waals surface area contributed by atoms with E-state index in [4.69, 9.17) is 4.74 Å². The molecule has 3 aliphatic rings. The second-order valence-corrected chi connectivity index (χ2v) is 9.17. The van der Waals surface area contributed by atoms with Gasteiger partial charge in [0.2, 0.25) is 29.0 Å². The molecule has 2 saturated heterocycles. The summed E-state index contributed by atoms with van der Waals surface area (Å²) in [6.07, 6.45) is -0.901. The maximum atomic E-state index is 13.9. The summed E-state index contributed by atoms with van der Waals surface area (Å²) in [5.41, 5.74) is 1.45. The Kier molecular flexibility index (Phi) is 4.29. The maximum absolute atomic E-state index is 13.9. The quantitative estimate of drug-likeness (QED) is 0.435. The molecule has 6 rings (SSSR count). The molecule has 2 heterocycles. The van der Waals surface area contributed by atoms with Crippen LogP contribution in [0.2, 0.25) is 0 Å². The molecule has 2 amide bonds. The van der Waals surface area contributed by atoms with Crippen LogP contribution >= 0.6 is 0 Å². The number of ketones is 2. The van der Waals surface area contributed by atoms with Crippen molar-refractivity contribution in [1.29, 1.82) is 0 Å². The number of ether oxygens (including phenoxy) is 1. The lowest BCUT2D eigenvalue weighted by atomic mass is 9.77. The van der Waals surface area contributed by atoms with Crippen molar-refractivity contribution in [2.45, 2.75) is 25.6 Å². The van der Waals surface area contributed by atoms with Crippen molar-refractivity contribution in [1.82, 2.24) is 0 Å². The highest BCUT2D eigenvalue weighted by atomic mass is 16.5. The smallest absolute Gasteiger partial charge is 0.241 e. The zero-order chi connectivity index (χ0) is 23.8. The summed E-state index contributed by atoms with van der Waals surface area (Å²) in [6, 6.07) is 20.8. The van der Waals surface area contributed by atoms with Crippen LogP contribution < -0.4 is 4.90 Å². The number of anilines is 1. The molecule has 168 valence electrons. The molecule has 1 aliphatic carbocycles. The van der Waals surface area contributed by atoms with Gasteiger partial charge < -0.3 is 4.74 Å². The fourth-order valence-corrected chi connectivity index (χ4v) is 5.58. The molecule has 3 aromatic carbocycles. The van der Waals surface area contributed by atoms with Gasteiger partial charge in [-0.15, -0.1) is 0 Å². The van der Waals surface area contributed by atoms with Crippen LogP contribution in [0.3, 0.4) is 0 Å². The molecular weight excluding hydrogens is 430 g/mol. The third-order valence-electron chi connectivity index (χ3n) is 7.40. The van der Waals surface area contributed by atoms with Crippen molar-refractivity contribution in [2.24, 2.45) is 11.8 Å². The van der Waals surface area contributed by atoms with Crippen LogP contribution in [0, 0.1) is 25.7 Å². The van der Waals surface area contributed by atoms with E-state index in [2.05, 4.69) is 0 Å². The van der Waals surface area contributed by atoms with Crippen LogP contribution in [-0.2, 0) is 14.3 Å². The lowest BCUT2D eigenvalue weighted by Gasteiger charge is -2.27. The highest BCUT2D eigenvalue weighted by molar-refractivity contribution is 6.37. The first kappa shape index (κ1) is 20.7. The second kappa shape index (κ2) is 7.05. The van der Waals surface area contributed by atoms with Gasteiger partial charge in [0.25, 0.3) is 0 Å². The Bertz CT molecular complexity index is 1370. The average molecular weight is 451 g/mol. The Labute approximate surface area is 196 Å². The monoisotopic (exact) mass is 451 g/mol. The van der Waals surface area contributed by atoms with Gasteiger partial charge >= 0.3 is 0 Å². The normalized spacial score (nSPS) is 24.8. The SMILES string of the molecule is Cc1ccc(N2C(=O)C3C(c4ccccc4)OC4(C(=O)c5ccccc5C4=O)C3C2=O)cc1C. The number of carbonyl (C=O) groups excluding carboxylic acids is 4. The third kappa shape index (κ3) is 2.49. The summed E-state index contributed by atoms with van der Waals surface area (Å²) >= 11 is 0. The molecule has 6 heteroatoms. The summed E-state index contributed by atoms with van der Waals surface area (Å²) in [4.78, 5) is 56.3. The molecule has 34 heavy (non-hydrogen) atoms. The van der Waals surface area contributed by atoms with E-state index in [1.165, 1.54) is 0 Å². The average Bonchev–Trinajstić information content (AvgIpc) is 3.42. The molecule has 2 aliphatic heterocycles. The van der Waals surface area contributed by atoms with E-state index in [0.29, 0.717) is 11.3 Å². The molecule has 0 saturated carbocycles. The van der Waals surface area contributed by atoms with E-state index in [0.717, 1.165) is 16.0 Å². The lowest BCUT2D eigenvalue weighted by Crippen LogP contribution is -2.51. The summed E-state index contributed by atoms with van der Waals surface area (Å²) in [5, 5.41) is 0. The van der Waals surface area contributed by atoms with Gasteiger partial charge in [-0.25, -0.2) is 4.90 Å². The van der Waals surface area contributed by atoms with Crippen molar-refractivity contribution in [3.63, 3.8) is 0 Å². The van der Waals surface area contributed by atoms with Crippen LogP contribution in [0.5, 0.6) is 0 Å². The highest BCUT2D eigenvalue weighted by Crippen LogP contribution is 2.57. The van der Waals surface area contributed by atoms with Gasteiger partial charge in [0.1, 0.15) is 0 Å². The van der Waals surface area contributed by atoms with Crippen molar-refractivity contribution < 1.29 is 23.9 Å². The highest BCUT2D eigenvalue weighted by Gasteiger charge is 2.74. The molecule has 6 nitrogen and oxygen atoms in total. The lowest BCUT2D eigenvalue weighted by molar-refractivity contribution is -0.127. The summed E-state index contributed by atoms with van der Waals surface area (Å²) in [7, 11) is 0. The van der Waals surface area contributed by atoms with E-state index in [1.54, 1.807) is 60.7 Å². The topological polar surface area (TPSA) is 80.8 Å². The number of fused-ring (bicyclic) bond motifs is 3. The first-order chi connectivity index (χ1) is 16.4. The van der Waals surface area contributed by atoms with Crippen LogP contribution in [0.25, 0.3) is 0 Å². The van der Waals surface area contributed by atoms with Gasteiger partial charge in [0.15, 0.2) is 0 Å². The number of aryl methyl sites for hydroxylation is 2. The van der Waals surface area contributed by atoms with Crippen LogP contribution in [0.4, 0.5) is 5.69 Å². The second-order valence-electron chi connectivity index (χ2n) is 9.17. The largest absolute Gasteiger partial charge is 0.349 e. The van der Waals surface area contributed by atoms with Crippen LogP contribution in [0.15, 0.2) is 72.8 Å². The van der Waals surface area contributed by atoms with Gasteiger partial charge in [-0.1, -0.05) is 60.7 Å². The standard InChI is InChI=1S/C28H21NO5/c1-15-12-13-18(14-16(15)2)29-26(32)21-22(27(29)33)28(34-23(21)17-8-4-3-5-9-17)24(30)19-10-6-7-11-20(19)25(28)31/h3-14,21-23H,1-2H3. The van der Waals surface area contributed by atoms with Crippen LogP contribution in [-0.4, -0.2) is 29.0 Å². The fourth-order valence-electron chi connectivity index (χ4n) is 5.58. The molecule has 3 aromatic rings. The molecule has 3 atom stereocenters. The van der Waals surface area contributed by atoms with Gasteiger partial charge in [-0.3, -0.25) is 19.2 Å². The number of imide groups is 1. The van der Waals surface area contributed by atoms with Crippen molar-refractivity contribution >= 4 is 29.1 Å².